The first-order valence-electron chi connectivity index (χ1n) is 11.3. The Labute approximate surface area is 194 Å². The van der Waals surface area contributed by atoms with E-state index in [1.165, 1.54) is 32.8 Å². The lowest BCUT2D eigenvalue weighted by Crippen LogP contribution is -2.24. The van der Waals surface area contributed by atoms with Gasteiger partial charge in [0.05, 0.1) is 25.9 Å². The Morgan fingerprint density at radius 1 is 1.06 bits per heavy atom. The van der Waals surface area contributed by atoms with Gasteiger partial charge >= 0.3 is 0 Å². The summed E-state index contributed by atoms with van der Waals surface area (Å²) in [6.45, 7) is 6.67. The second-order valence-corrected chi connectivity index (χ2v) is 10.2. The van der Waals surface area contributed by atoms with E-state index in [1.54, 1.807) is 18.2 Å². The average molecular weight is 474 g/mol. The van der Waals surface area contributed by atoms with Crippen molar-refractivity contribution in [1.82, 2.24) is 14.8 Å². The summed E-state index contributed by atoms with van der Waals surface area (Å²) in [7, 11) is -2.42. The molecule has 9 heteroatoms. The third-order valence-electron chi connectivity index (χ3n) is 6.10. The minimum absolute atomic E-state index is 0.0345. The molecule has 0 radical (unpaired) electrons. The first-order chi connectivity index (χ1) is 15.9. The summed E-state index contributed by atoms with van der Waals surface area (Å²) in [6.07, 6.45) is 4.98. The van der Waals surface area contributed by atoms with E-state index in [9.17, 15) is 8.42 Å². The van der Waals surface area contributed by atoms with Crippen LogP contribution in [0.5, 0.6) is 5.75 Å². The van der Waals surface area contributed by atoms with Crippen LogP contribution < -0.4 is 9.46 Å². The molecule has 0 aliphatic carbocycles. The maximum Gasteiger partial charge on any atom is 0.244 e. The highest BCUT2D eigenvalue weighted by Gasteiger charge is 2.23. The summed E-state index contributed by atoms with van der Waals surface area (Å²) in [4.78, 5) is 2.43. The summed E-state index contributed by atoms with van der Waals surface area (Å²) in [5.74, 6) is 2.21. The van der Waals surface area contributed by atoms with Crippen molar-refractivity contribution in [2.75, 3.05) is 20.2 Å². The molecule has 0 spiro atoms. The molecule has 1 saturated heterocycles. The minimum atomic E-state index is -3.87. The van der Waals surface area contributed by atoms with E-state index in [0.717, 1.165) is 36.7 Å². The standard InChI is InChI=1S/C24H31N3O5S/c1-17-18(2)26-32-24(17)19-8-11-22(30-3)23(14-19)33(28,29)25-15-20-9-10-21(31-20)16-27-12-6-4-5-7-13-27/h8-11,14,25H,4-7,12-13,15-16H2,1-3H3. The van der Waals surface area contributed by atoms with E-state index < -0.39 is 10.0 Å². The Balaban J connectivity index is 1.48. The fourth-order valence-electron chi connectivity index (χ4n) is 4.07. The minimum Gasteiger partial charge on any atom is -0.495 e. The van der Waals surface area contributed by atoms with Gasteiger partial charge in [-0.3, -0.25) is 4.90 Å². The van der Waals surface area contributed by atoms with E-state index in [-0.39, 0.29) is 17.2 Å². The first-order valence-corrected chi connectivity index (χ1v) is 12.8. The fraction of sp³-hybridized carbons (Fsp3) is 0.458. The van der Waals surface area contributed by atoms with Crippen LogP contribution in [0.25, 0.3) is 11.3 Å². The molecule has 1 aromatic carbocycles. The van der Waals surface area contributed by atoms with Crippen LogP contribution in [0.15, 0.2) is 44.2 Å². The van der Waals surface area contributed by atoms with Crippen LogP contribution in [0.2, 0.25) is 0 Å². The number of hydrogen-bond donors (Lipinski definition) is 1. The number of benzene rings is 1. The molecule has 0 amide bonds. The van der Waals surface area contributed by atoms with Crippen molar-refractivity contribution >= 4 is 10.0 Å². The largest absolute Gasteiger partial charge is 0.495 e. The van der Waals surface area contributed by atoms with Gasteiger partial charge in [-0.15, -0.1) is 0 Å². The molecular formula is C24H31N3O5S. The number of rotatable bonds is 8. The summed E-state index contributed by atoms with van der Waals surface area (Å²) in [6, 6.07) is 8.66. The molecule has 1 aliphatic heterocycles. The molecule has 0 atom stereocenters. The van der Waals surface area contributed by atoms with Crippen molar-refractivity contribution < 1.29 is 22.1 Å². The SMILES string of the molecule is COc1ccc(-c2onc(C)c2C)cc1S(=O)(=O)NCc1ccc(CN2CCCCCC2)o1. The number of nitrogens with zero attached hydrogens (tertiary/aromatic N) is 2. The predicted octanol–water partition coefficient (Wildman–Crippen LogP) is 4.41. The molecule has 1 aliphatic rings. The molecule has 3 aromatic rings. The quantitative estimate of drug-likeness (QED) is 0.517. The number of aryl methyl sites for hydroxylation is 1. The van der Waals surface area contributed by atoms with Gasteiger partial charge < -0.3 is 13.7 Å². The number of nitrogens with one attached hydrogen (secondary N) is 1. The maximum absolute atomic E-state index is 13.1. The molecule has 178 valence electrons. The van der Waals surface area contributed by atoms with E-state index in [1.807, 2.05) is 26.0 Å². The molecule has 1 N–H and O–H groups in total. The lowest BCUT2D eigenvalue weighted by Gasteiger charge is -2.17. The van der Waals surface area contributed by atoms with Crippen LogP contribution in [-0.4, -0.2) is 38.7 Å². The van der Waals surface area contributed by atoms with Crippen LogP contribution in [0.4, 0.5) is 0 Å². The molecular weight excluding hydrogens is 442 g/mol. The molecule has 1 fully saturated rings. The monoisotopic (exact) mass is 473 g/mol. The second-order valence-electron chi connectivity index (χ2n) is 8.47. The third kappa shape index (κ3) is 5.48. The Kier molecular flexibility index (Phi) is 7.21. The van der Waals surface area contributed by atoms with Crippen LogP contribution in [-0.2, 0) is 23.1 Å². The summed E-state index contributed by atoms with van der Waals surface area (Å²) >= 11 is 0. The van der Waals surface area contributed by atoms with Gasteiger partial charge in [-0.25, -0.2) is 13.1 Å². The van der Waals surface area contributed by atoms with Gasteiger partial charge in [0.1, 0.15) is 22.2 Å². The van der Waals surface area contributed by atoms with E-state index in [0.29, 0.717) is 17.1 Å². The summed E-state index contributed by atoms with van der Waals surface area (Å²) < 4.78 is 45.5. The summed E-state index contributed by atoms with van der Waals surface area (Å²) in [5, 5.41) is 3.97. The van der Waals surface area contributed by atoms with E-state index in [2.05, 4.69) is 14.8 Å². The van der Waals surface area contributed by atoms with Gasteiger partial charge in [0.2, 0.25) is 10.0 Å². The van der Waals surface area contributed by atoms with Crippen molar-refractivity contribution in [3.05, 3.63) is 53.1 Å². The molecule has 3 heterocycles. The lowest BCUT2D eigenvalue weighted by molar-refractivity contribution is 0.250. The smallest absolute Gasteiger partial charge is 0.244 e. The number of sulfonamides is 1. The molecule has 4 rings (SSSR count). The van der Waals surface area contributed by atoms with Gasteiger partial charge in [0, 0.05) is 11.1 Å². The highest BCUT2D eigenvalue weighted by molar-refractivity contribution is 7.89. The van der Waals surface area contributed by atoms with Crippen LogP contribution in [0.1, 0.15) is 48.5 Å². The number of likely N-dealkylation sites (tertiary alicyclic amines) is 1. The second kappa shape index (κ2) is 10.1. The van der Waals surface area contributed by atoms with Gasteiger partial charge in [0.15, 0.2) is 5.76 Å². The van der Waals surface area contributed by atoms with Crippen molar-refractivity contribution in [2.45, 2.75) is 57.5 Å². The zero-order chi connectivity index (χ0) is 23.4. The average Bonchev–Trinajstić information content (AvgIpc) is 3.29. The Morgan fingerprint density at radius 2 is 1.79 bits per heavy atom. The van der Waals surface area contributed by atoms with Crippen molar-refractivity contribution in [1.29, 1.82) is 0 Å². The molecule has 2 aromatic heterocycles. The van der Waals surface area contributed by atoms with Crippen molar-refractivity contribution in [2.24, 2.45) is 0 Å². The van der Waals surface area contributed by atoms with Crippen LogP contribution >= 0.6 is 0 Å². The van der Waals surface area contributed by atoms with Gasteiger partial charge in [-0.2, -0.15) is 0 Å². The fourth-order valence-corrected chi connectivity index (χ4v) is 5.26. The number of aromatic nitrogens is 1. The maximum atomic E-state index is 13.1. The first kappa shape index (κ1) is 23.5. The Morgan fingerprint density at radius 3 is 2.45 bits per heavy atom. The zero-order valence-corrected chi connectivity index (χ0v) is 20.2. The number of ether oxygens (including phenoxy) is 1. The zero-order valence-electron chi connectivity index (χ0n) is 19.4. The highest BCUT2D eigenvalue weighted by atomic mass is 32.2. The van der Waals surface area contributed by atoms with Gasteiger partial charge in [-0.1, -0.05) is 18.0 Å². The molecule has 0 unspecified atom stereocenters. The lowest BCUT2D eigenvalue weighted by atomic mass is 10.1. The van der Waals surface area contributed by atoms with Crippen molar-refractivity contribution in [3.63, 3.8) is 0 Å². The van der Waals surface area contributed by atoms with Crippen molar-refractivity contribution in [3.8, 4) is 17.1 Å². The highest BCUT2D eigenvalue weighted by Crippen LogP contribution is 2.32. The third-order valence-corrected chi connectivity index (χ3v) is 7.53. The number of methoxy groups -OCH3 is 1. The number of hydrogen-bond acceptors (Lipinski definition) is 7. The van der Waals surface area contributed by atoms with Crippen LogP contribution in [0, 0.1) is 13.8 Å². The van der Waals surface area contributed by atoms with Crippen LogP contribution in [0.3, 0.4) is 0 Å². The Hall–Kier alpha value is -2.62. The normalized spacial score (nSPS) is 15.5. The Bertz CT molecular complexity index is 1190. The van der Waals surface area contributed by atoms with E-state index >= 15 is 0 Å². The van der Waals surface area contributed by atoms with Gasteiger partial charge in [-0.05, 0) is 70.1 Å². The predicted molar refractivity (Wildman–Crippen MR) is 124 cm³/mol. The topological polar surface area (TPSA) is 97.8 Å². The summed E-state index contributed by atoms with van der Waals surface area (Å²) in [5.41, 5.74) is 2.24. The molecule has 33 heavy (non-hydrogen) atoms. The van der Waals surface area contributed by atoms with Gasteiger partial charge in [0.25, 0.3) is 0 Å². The number of furan rings is 1. The molecule has 8 nitrogen and oxygen atoms in total. The molecule has 0 bridgehead atoms. The van der Waals surface area contributed by atoms with E-state index in [4.69, 9.17) is 13.7 Å². The molecule has 0 saturated carbocycles.